The van der Waals surface area contributed by atoms with Gasteiger partial charge in [-0.2, -0.15) is 0 Å². The van der Waals surface area contributed by atoms with Crippen LogP contribution >= 0.6 is 0 Å². The molecule has 0 saturated heterocycles. The summed E-state index contributed by atoms with van der Waals surface area (Å²) in [5.41, 5.74) is 13.4. The van der Waals surface area contributed by atoms with E-state index in [2.05, 4.69) is 180 Å². The highest BCUT2D eigenvalue weighted by Gasteiger charge is 2.56. The molecule has 0 heterocycles. The van der Waals surface area contributed by atoms with E-state index >= 15 is 0 Å². The standard InChI is InChI=1S/C51H53N/c1-49(2,3)40-28-41(50(4,5)6)30-43(29-40)52(42-24-22-36(23-25-42)35-14-8-7-9-15-35)47-21-11-10-18-44(47)45-19-12-16-37-17-13-20-46(48(37)45)51-31-34-26-38(32-51)39(27-34)33-51/h7-25,28-30,34,38-39H,26-27,31-33H2,1-6H3. The fourth-order valence-corrected chi connectivity index (χ4v) is 10.5. The van der Waals surface area contributed by atoms with Gasteiger partial charge in [0.1, 0.15) is 0 Å². The lowest BCUT2D eigenvalue weighted by Crippen LogP contribution is -2.31. The van der Waals surface area contributed by atoms with Crippen LogP contribution in [0.1, 0.15) is 90.3 Å². The Kier molecular flexibility index (Phi) is 7.81. The third-order valence-corrected chi connectivity index (χ3v) is 13.0. The average molecular weight is 680 g/mol. The average Bonchev–Trinajstić information content (AvgIpc) is 3.57. The van der Waals surface area contributed by atoms with E-state index in [4.69, 9.17) is 0 Å². The molecule has 6 aromatic carbocycles. The van der Waals surface area contributed by atoms with E-state index < -0.39 is 0 Å². The smallest absolute Gasteiger partial charge is 0.0540 e. The second-order valence-electron chi connectivity index (χ2n) is 18.5. The lowest BCUT2D eigenvalue weighted by atomic mass is 9.64. The Bertz CT molecular complexity index is 2210. The first kappa shape index (κ1) is 33.2. The Hall–Kier alpha value is -4.62. The zero-order valence-corrected chi connectivity index (χ0v) is 31.9. The highest BCUT2D eigenvalue weighted by molar-refractivity contribution is 6.03. The summed E-state index contributed by atoms with van der Waals surface area (Å²) in [6, 6.07) is 50.7. The van der Waals surface area contributed by atoms with Gasteiger partial charge < -0.3 is 4.90 Å². The molecular weight excluding hydrogens is 627 g/mol. The Morgan fingerprint density at radius 1 is 0.519 bits per heavy atom. The summed E-state index contributed by atoms with van der Waals surface area (Å²) in [5.74, 6) is 2.76. The first-order valence-electron chi connectivity index (χ1n) is 19.7. The number of fused-ring (bicyclic) bond motifs is 1. The summed E-state index contributed by atoms with van der Waals surface area (Å²) in [7, 11) is 0. The highest BCUT2D eigenvalue weighted by Crippen LogP contribution is 2.65. The summed E-state index contributed by atoms with van der Waals surface area (Å²) >= 11 is 0. The molecule has 4 aliphatic rings. The number of hydrogen-bond acceptors (Lipinski definition) is 1. The fourth-order valence-electron chi connectivity index (χ4n) is 10.5. The van der Waals surface area contributed by atoms with Gasteiger partial charge in [-0.1, -0.05) is 145 Å². The molecule has 2 unspecified atom stereocenters. The number of para-hydroxylation sites is 1. The van der Waals surface area contributed by atoms with Gasteiger partial charge in [-0.25, -0.2) is 0 Å². The van der Waals surface area contributed by atoms with Crippen molar-refractivity contribution in [2.75, 3.05) is 4.90 Å². The molecule has 10 rings (SSSR count). The van der Waals surface area contributed by atoms with Crippen LogP contribution in [-0.2, 0) is 16.2 Å². The third-order valence-electron chi connectivity index (χ3n) is 13.0. The Morgan fingerprint density at radius 2 is 1.10 bits per heavy atom. The molecule has 262 valence electrons. The van der Waals surface area contributed by atoms with Gasteiger partial charge in [0.25, 0.3) is 0 Å². The van der Waals surface area contributed by atoms with Crippen molar-refractivity contribution in [2.45, 2.75) is 89.9 Å². The van der Waals surface area contributed by atoms with Gasteiger partial charge in [0.15, 0.2) is 0 Å². The van der Waals surface area contributed by atoms with Gasteiger partial charge in [0.2, 0.25) is 0 Å². The lowest BCUT2D eigenvalue weighted by Gasteiger charge is -2.40. The summed E-state index contributed by atoms with van der Waals surface area (Å²) in [6.45, 7) is 14.0. The second kappa shape index (κ2) is 12.2. The van der Waals surface area contributed by atoms with Gasteiger partial charge in [0, 0.05) is 16.9 Å². The van der Waals surface area contributed by atoms with E-state index in [9.17, 15) is 0 Å². The number of rotatable bonds is 6. The second-order valence-corrected chi connectivity index (χ2v) is 18.5. The normalized spacial score (nSPS) is 22.3. The van der Waals surface area contributed by atoms with Crippen LogP contribution in [0.2, 0.25) is 0 Å². The van der Waals surface area contributed by atoms with Crippen LogP contribution in [0.5, 0.6) is 0 Å². The number of benzene rings is 6. The van der Waals surface area contributed by atoms with Crippen LogP contribution in [0, 0.1) is 17.8 Å². The van der Waals surface area contributed by atoms with Crippen molar-refractivity contribution in [2.24, 2.45) is 17.8 Å². The van der Waals surface area contributed by atoms with Crippen LogP contribution in [0.15, 0.2) is 133 Å². The molecule has 0 aromatic heterocycles. The van der Waals surface area contributed by atoms with Crippen molar-refractivity contribution >= 4 is 27.8 Å². The van der Waals surface area contributed by atoms with Crippen LogP contribution in [-0.4, -0.2) is 0 Å². The highest BCUT2D eigenvalue weighted by atomic mass is 15.1. The molecule has 1 heteroatoms. The number of hydrogen-bond donors (Lipinski definition) is 0. The maximum absolute atomic E-state index is 2.54. The van der Waals surface area contributed by atoms with E-state index in [-0.39, 0.29) is 10.8 Å². The van der Waals surface area contributed by atoms with Crippen LogP contribution in [0.4, 0.5) is 17.1 Å². The molecule has 4 aliphatic carbocycles. The number of anilines is 3. The SMILES string of the molecule is CC(C)(C)c1cc(N(c2ccc(-c3ccccc3)cc2)c2ccccc2-c2cccc3cccc(C45CC6CC(C4)C(C6)C5)c23)cc(C(C)(C)C)c1. The summed E-state index contributed by atoms with van der Waals surface area (Å²) in [4.78, 5) is 2.54. The van der Waals surface area contributed by atoms with Crippen LogP contribution < -0.4 is 4.90 Å². The maximum atomic E-state index is 2.54. The largest absolute Gasteiger partial charge is 0.310 e. The molecule has 0 N–H and O–H groups in total. The Labute approximate surface area is 311 Å². The molecule has 0 amide bonds. The van der Waals surface area contributed by atoms with Crippen molar-refractivity contribution in [3.05, 3.63) is 150 Å². The first-order valence-corrected chi connectivity index (χ1v) is 19.7. The van der Waals surface area contributed by atoms with Gasteiger partial charge >= 0.3 is 0 Å². The van der Waals surface area contributed by atoms with E-state index in [1.165, 1.54) is 93.3 Å². The van der Waals surface area contributed by atoms with Crippen molar-refractivity contribution in [3.8, 4) is 22.3 Å². The van der Waals surface area contributed by atoms with E-state index in [0.717, 1.165) is 17.8 Å². The molecule has 0 radical (unpaired) electrons. The predicted octanol–water partition coefficient (Wildman–Crippen LogP) is 14.3. The summed E-state index contributed by atoms with van der Waals surface area (Å²) < 4.78 is 0. The molecule has 1 nitrogen and oxygen atoms in total. The van der Waals surface area contributed by atoms with Crippen molar-refractivity contribution < 1.29 is 0 Å². The summed E-state index contributed by atoms with van der Waals surface area (Å²) in [6.07, 6.45) is 7.05. The zero-order chi connectivity index (χ0) is 35.8. The molecule has 2 atom stereocenters. The molecular formula is C51H53N. The minimum absolute atomic E-state index is 0.00203. The molecule has 4 saturated carbocycles. The van der Waals surface area contributed by atoms with Crippen molar-refractivity contribution in [3.63, 3.8) is 0 Å². The van der Waals surface area contributed by atoms with Gasteiger partial charge in [-0.15, -0.1) is 0 Å². The molecule has 6 aromatic rings. The maximum Gasteiger partial charge on any atom is 0.0540 e. The Balaban J connectivity index is 1.27. The van der Waals surface area contributed by atoms with Crippen LogP contribution in [0.3, 0.4) is 0 Å². The topological polar surface area (TPSA) is 3.24 Å². The monoisotopic (exact) mass is 679 g/mol. The van der Waals surface area contributed by atoms with Crippen LogP contribution in [0.25, 0.3) is 33.0 Å². The van der Waals surface area contributed by atoms with E-state index in [1.807, 2.05) is 0 Å². The van der Waals surface area contributed by atoms with Crippen molar-refractivity contribution in [1.29, 1.82) is 0 Å². The van der Waals surface area contributed by atoms with E-state index in [0.29, 0.717) is 5.41 Å². The molecule has 4 bridgehead atoms. The number of nitrogens with zero attached hydrogens (tertiary/aromatic N) is 1. The minimum atomic E-state index is 0.00203. The van der Waals surface area contributed by atoms with E-state index in [1.54, 1.807) is 5.56 Å². The summed E-state index contributed by atoms with van der Waals surface area (Å²) in [5, 5.41) is 2.84. The minimum Gasteiger partial charge on any atom is -0.310 e. The molecule has 4 fully saturated rings. The first-order chi connectivity index (χ1) is 25.0. The molecule has 0 aliphatic heterocycles. The fraction of sp³-hybridized carbons (Fsp3) is 0.333. The molecule has 0 spiro atoms. The van der Waals surface area contributed by atoms with Gasteiger partial charge in [0.05, 0.1) is 5.69 Å². The lowest BCUT2D eigenvalue weighted by molar-refractivity contribution is 0.231. The molecule has 52 heavy (non-hydrogen) atoms. The predicted molar refractivity (Wildman–Crippen MR) is 222 cm³/mol. The van der Waals surface area contributed by atoms with Gasteiger partial charge in [-0.3, -0.25) is 0 Å². The van der Waals surface area contributed by atoms with Gasteiger partial charge in [-0.05, 0) is 141 Å². The quantitative estimate of drug-likeness (QED) is 0.169. The third kappa shape index (κ3) is 5.69. The zero-order valence-electron chi connectivity index (χ0n) is 31.9. The van der Waals surface area contributed by atoms with Crippen molar-refractivity contribution in [1.82, 2.24) is 0 Å². The Morgan fingerprint density at radius 3 is 1.73 bits per heavy atom.